The minimum absolute atomic E-state index is 0.207. The number of hydrogen-bond donors (Lipinski definition) is 0. The predicted octanol–water partition coefficient (Wildman–Crippen LogP) is 3.28. The monoisotopic (exact) mass is 271 g/mol. The van der Waals surface area contributed by atoms with Gasteiger partial charge in [0.15, 0.2) is 0 Å². The average Bonchev–Trinajstić information content (AvgIpc) is 2.65. The molecule has 1 aliphatic heterocycles. The SMILES string of the molecule is C=CCN1C(=O)c2cc(Cl)c3ccccc3c2C1=O. The molecule has 0 aliphatic carbocycles. The quantitative estimate of drug-likeness (QED) is 0.621. The molecule has 4 heteroatoms. The zero-order chi connectivity index (χ0) is 13.6. The molecule has 0 saturated carbocycles. The van der Waals surface area contributed by atoms with Crippen molar-refractivity contribution in [2.24, 2.45) is 0 Å². The molecule has 0 bridgehead atoms. The van der Waals surface area contributed by atoms with E-state index in [1.807, 2.05) is 24.3 Å². The first-order chi connectivity index (χ1) is 9.15. The Balaban J connectivity index is 2.34. The summed E-state index contributed by atoms with van der Waals surface area (Å²) in [7, 11) is 0. The predicted molar refractivity (Wildman–Crippen MR) is 74.5 cm³/mol. The lowest BCUT2D eigenvalue weighted by Gasteiger charge is -2.09. The lowest BCUT2D eigenvalue weighted by Crippen LogP contribution is -2.29. The molecule has 0 fully saturated rings. The smallest absolute Gasteiger partial charge is 0.262 e. The summed E-state index contributed by atoms with van der Waals surface area (Å²) in [6, 6.07) is 8.90. The molecule has 3 nitrogen and oxygen atoms in total. The molecule has 0 saturated heterocycles. The van der Waals surface area contributed by atoms with Crippen molar-refractivity contribution >= 4 is 34.2 Å². The highest BCUT2D eigenvalue weighted by Gasteiger charge is 2.36. The first-order valence-corrected chi connectivity index (χ1v) is 6.21. The van der Waals surface area contributed by atoms with Crippen molar-refractivity contribution in [3.8, 4) is 0 Å². The summed E-state index contributed by atoms with van der Waals surface area (Å²) in [6.45, 7) is 3.77. The maximum absolute atomic E-state index is 12.3. The van der Waals surface area contributed by atoms with Gasteiger partial charge in [-0.1, -0.05) is 41.9 Å². The standard InChI is InChI=1S/C15H10ClNO2/c1-2-7-17-14(18)11-8-12(16)9-5-3-4-6-10(9)13(11)15(17)19/h2-6,8H,1,7H2. The Hall–Kier alpha value is -2.13. The molecule has 0 aromatic heterocycles. The third kappa shape index (κ3) is 1.59. The van der Waals surface area contributed by atoms with E-state index in [-0.39, 0.29) is 18.4 Å². The van der Waals surface area contributed by atoms with Gasteiger partial charge in [0.25, 0.3) is 11.8 Å². The Morgan fingerprint density at radius 1 is 1.16 bits per heavy atom. The summed E-state index contributed by atoms with van der Waals surface area (Å²) in [5.41, 5.74) is 0.808. The minimum atomic E-state index is -0.312. The zero-order valence-electron chi connectivity index (χ0n) is 10.0. The van der Waals surface area contributed by atoms with Crippen LogP contribution in [-0.4, -0.2) is 23.3 Å². The highest BCUT2D eigenvalue weighted by molar-refractivity contribution is 6.38. The molecular formula is C15H10ClNO2. The van der Waals surface area contributed by atoms with Crippen LogP contribution in [0, 0.1) is 0 Å². The fraction of sp³-hybridized carbons (Fsp3) is 0.0667. The van der Waals surface area contributed by atoms with Crippen LogP contribution in [0.4, 0.5) is 0 Å². The van der Waals surface area contributed by atoms with E-state index in [0.29, 0.717) is 16.1 Å². The highest BCUT2D eigenvalue weighted by Crippen LogP contribution is 2.34. The fourth-order valence-electron chi connectivity index (χ4n) is 2.40. The number of carbonyl (C=O) groups is 2. The van der Waals surface area contributed by atoms with Crippen LogP contribution in [0.1, 0.15) is 20.7 Å². The van der Waals surface area contributed by atoms with Gasteiger partial charge in [-0.15, -0.1) is 6.58 Å². The Morgan fingerprint density at radius 2 is 1.84 bits per heavy atom. The number of nitrogens with zero attached hydrogens (tertiary/aromatic N) is 1. The maximum atomic E-state index is 12.3. The van der Waals surface area contributed by atoms with Crippen LogP contribution >= 0.6 is 11.6 Å². The number of amides is 2. The van der Waals surface area contributed by atoms with Crippen LogP contribution in [0.5, 0.6) is 0 Å². The van der Waals surface area contributed by atoms with Gasteiger partial charge in [0, 0.05) is 17.0 Å². The van der Waals surface area contributed by atoms with E-state index in [2.05, 4.69) is 6.58 Å². The fourth-order valence-corrected chi connectivity index (χ4v) is 2.67. The second-order valence-corrected chi connectivity index (χ2v) is 4.74. The van der Waals surface area contributed by atoms with Crippen molar-refractivity contribution in [3.05, 3.63) is 59.1 Å². The first kappa shape index (κ1) is 11.9. The normalized spacial score (nSPS) is 14.1. The van der Waals surface area contributed by atoms with E-state index >= 15 is 0 Å². The van der Waals surface area contributed by atoms with Gasteiger partial charge in [-0.3, -0.25) is 14.5 Å². The van der Waals surface area contributed by atoms with Crippen LogP contribution in [-0.2, 0) is 0 Å². The molecule has 0 N–H and O–H groups in total. The summed E-state index contributed by atoms with van der Waals surface area (Å²) in [5, 5.41) is 1.98. The van der Waals surface area contributed by atoms with Crippen LogP contribution in [0.3, 0.4) is 0 Å². The Bertz CT molecular complexity index is 736. The van der Waals surface area contributed by atoms with Gasteiger partial charge < -0.3 is 0 Å². The van der Waals surface area contributed by atoms with E-state index in [4.69, 9.17) is 11.6 Å². The van der Waals surface area contributed by atoms with Gasteiger partial charge in [-0.2, -0.15) is 0 Å². The van der Waals surface area contributed by atoms with Gasteiger partial charge in [0.1, 0.15) is 0 Å². The largest absolute Gasteiger partial charge is 0.270 e. The number of imide groups is 1. The molecule has 1 aliphatic rings. The summed E-state index contributed by atoms with van der Waals surface area (Å²) in [6.07, 6.45) is 1.53. The van der Waals surface area contributed by atoms with Gasteiger partial charge in [-0.05, 0) is 11.5 Å². The molecule has 2 amide bonds. The molecule has 0 atom stereocenters. The lowest BCUT2D eigenvalue weighted by atomic mass is 10.0. The molecule has 1 heterocycles. The average molecular weight is 272 g/mol. The van der Waals surface area contributed by atoms with Crippen LogP contribution in [0.2, 0.25) is 5.02 Å². The number of halogens is 1. The Kier molecular flexibility index (Phi) is 2.64. The molecule has 0 spiro atoms. The zero-order valence-corrected chi connectivity index (χ0v) is 10.8. The second kappa shape index (κ2) is 4.21. The highest BCUT2D eigenvalue weighted by atomic mass is 35.5. The third-order valence-corrected chi connectivity index (χ3v) is 3.55. The van der Waals surface area contributed by atoms with Gasteiger partial charge in [-0.25, -0.2) is 0 Å². The molecule has 0 unspecified atom stereocenters. The van der Waals surface area contributed by atoms with E-state index in [1.165, 1.54) is 11.0 Å². The molecular weight excluding hydrogens is 262 g/mol. The maximum Gasteiger partial charge on any atom is 0.262 e. The number of hydrogen-bond acceptors (Lipinski definition) is 2. The lowest BCUT2D eigenvalue weighted by molar-refractivity contribution is 0.0672. The molecule has 2 aromatic rings. The summed E-state index contributed by atoms with van der Waals surface area (Å²) in [5.74, 6) is -0.597. The summed E-state index contributed by atoms with van der Waals surface area (Å²) in [4.78, 5) is 25.7. The topological polar surface area (TPSA) is 37.4 Å². The second-order valence-electron chi connectivity index (χ2n) is 4.34. The van der Waals surface area contributed by atoms with Crippen LogP contribution in [0.15, 0.2) is 43.0 Å². The summed E-state index contributed by atoms with van der Waals surface area (Å²) >= 11 is 6.18. The number of fused-ring (bicyclic) bond motifs is 3. The van der Waals surface area contributed by atoms with E-state index in [0.717, 1.165) is 10.8 Å². The van der Waals surface area contributed by atoms with E-state index in [1.54, 1.807) is 6.07 Å². The van der Waals surface area contributed by atoms with Crippen molar-refractivity contribution in [3.63, 3.8) is 0 Å². The van der Waals surface area contributed by atoms with Crippen molar-refractivity contribution in [1.82, 2.24) is 4.90 Å². The number of rotatable bonds is 2. The number of carbonyl (C=O) groups excluding carboxylic acids is 2. The summed E-state index contributed by atoms with van der Waals surface area (Å²) < 4.78 is 0. The van der Waals surface area contributed by atoms with Crippen molar-refractivity contribution < 1.29 is 9.59 Å². The third-order valence-electron chi connectivity index (χ3n) is 3.24. The Morgan fingerprint density at radius 3 is 2.53 bits per heavy atom. The van der Waals surface area contributed by atoms with Crippen molar-refractivity contribution in [1.29, 1.82) is 0 Å². The molecule has 0 radical (unpaired) electrons. The molecule has 2 aromatic carbocycles. The van der Waals surface area contributed by atoms with Crippen molar-refractivity contribution in [2.45, 2.75) is 0 Å². The molecule has 3 rings (SSSR count). The van der Waals surface area contributed by atoms with Crippen LogP contribution in [0.25, 0.3) is 10.8 Å². The van der Waals surface area contributed by atoms with Gasteiger partial charge >= 0.3 is 0 Å². The molecule has 19 heavy (non-hydrogen) atoms. The molecule has 94 valence electrons. The van der Waals surface area contributed by atoms with E-state index < -0.39 is 0 Å². The first-order valence-electron chi connectivity index (χ1n) is 5.83. The van der Waals surface area contributed by atoms with Crippen molar-refractivity contribution in [2.75, 3.05) is 6.54 Å². The van der Waals surface area contributed by atoms with E-state index in [9.17, 15) is 9.59 Å². The Labute approximate surface area is 115 Å². The number of benzene rings is 2. The minimum Gasteiger partial charge on any atom is -0.270 e. The van der Waals surface area contributed by atoms with Gasteiger partial charge in [0.2, 0.25) is 0 Å². The van der Waals surface area contributed by atoms with Crippen LogP contribution < -0.4 is 0 Å². The van der Waals surface area contributed by atoms with Gasteiger partial charge in [0.05, 0.1) is 11.1 Å².